The van der Waals surface area contributed by atoms with Gasteiger partial charge in [-0.2, -0.15) is 18.4 Å². The van der Waals surface area contributed by atoms with Crippen molar-refractivity contribution in [1.82, 2.24) is 10.3 Å². The van der Waals surface area contributed by atoms with Crippen molar-refractivity contribution in [3.8, 4) is 40.1 Å². The first-order valence-electron chi connectivity index (χ1n) is 9.70. The number of hydrogen-bond donors (Lipinski definition) is 1. The summed E-state index contributed by atoms with van der Waals surface area (Å²) in [5.74, 6) is -0.463. The fraction of sp³-hybridized carbons (Fsp3) is 0.174. The molecule has 6 nitrogen and oxygen atoms in total. The molecule has 0 saturated carbocycles. The molecule has 0 fully saturated rings. The molecule has 0 aliphatic heterocycles. The van der Waals surface area contributed by atoms with Gasteiger partial charge in [0.1, 0.15) is 11.3 Å². The fourth-order valence-corrected chi connectivity index (χ4v) is 3.99. The zero-order valence-electron chi connectivity index (χ0n) is 16.3. The van der Waals surface area contributed by atoms with E-state index in [1.54, 1.807) is 42.5 Å². The van der Waals surface area contributed by atoms with E-state index < -0.39 is 23.5 Å². The smallest absolute Gasteiger partial charge is 0.374 e. The highest BCUT2D eigenvalue weighted by Crippen LogP contribution is 2.46. The van der Waals surface area contributed by atoms with Crippen LogP contribution in [0.5, 0.6) is 0 Å². The summed E-state index contributed by atoms with van der Waals surface area (Å²) >= 11 is 0. The number of rotatable bonds is 3. The normalized spacial score (nSPS) is 13.8. The Morgan fingerprint density at radius 2 is 1.69 bits per heavy atom. The highest BCUT2D eigenvalue weighted by molar-refractivity contribution is 5.79. The second-order valence-corrected chi connectivity index (χ2v) is 7.39. The zero-order valence-corrected chi connectivity index (χ0v) is 16.3. The van der Waals surface area contributed by atoms with Crippen LogP contribution < -0.4 is 0 Å². The van der Waals surface area contributed by atoms with Crippen LogP contribution in [0, 0.1) is 11.3 Å². The number of aromatic nitrogens is 2. The molecule has 0 spiro atoms. The van der Waals surface area contributed by atoms with E-state index in [2.05, 4.69) is 10.3 Å². The molecule has 0 bridgehead atoms. The van der Waals surface area contributed by atoms with Crippen molar-refractivity contribution in [3.05, 3.63) is 70.8 Å². The van der Waals surface area contributed by atoms with E-state index in [1.165, 1.54) is 12.1 Å². The lowest BCUT2D eigenvalue weighted by Gasteiger charge is -2.16. The number of alkyl halides is 3. The Balaban J connectivity index is 1.64. The molecule has 1 unspecified atom stereocenters. The maximum Gasteiger partial charge on any atom is 0.422 e. The third-order valence-electron chi connectivity index (χ3n) is 5.48. The summed E-state index contributed by atoms with van der Waals surface area (Å²) in [6.07, 6.45) is -5.14. The molecule has 2 heterocycles. The van der Waals surface area contributed by atoms with E-state index in [4.69, 9.17) is 14.3 Å². The largest absolute Gasteiger partial charge is 0.422 e. The number of aliphatic hydroxyl groups excluding tert-OH is 1. The molecule has 0 saturated heterocycles. The highest BCUT2D eigenvalue weighted by Gasteiger charge is 2.43. The first-order valence-corrected chi connectivity index (χ1v) is 9.70. The third-order valence-corrected chi connectivity index (χ3v) is 5.48. The van der Waals surface area contributed by atoms with Gasteiger partial charge >= 0.3 is 6.18 Å². The van der Waals surface area contributed by atoms with Crippen molar-refractivity contribution >= 4 is 0 Å². The molecule has 1 N–H and O–H groups in total. The molecular formula is C23H14F3N3O3. The highest BCUT2D eigenvalue weighted by atomic mass is 19.4. The molecule has 2 aromatic carbocycles. The standard InChI is InChI=1S/C23H14F3N3O3/c24-23(25,26)18-20(29-31-21(18)12-4-2-1-3-5-12)22-16-9-6-13-10-14(17(30)11-27)7-8-15(13)19(16)28-32-22/h1-5,7-8,10,17,30H,6,9H2. The molecule has 1 atom stereocenters. The predicted octanol–water partition coefficient (Wildman–Crippen LogP) is 5.34. The van der Waals surface area contributed by atoms with Crippen LogP contribution in [-0.4, -0.2) is 15.4 Å². The molecule has 1 aliphatic rings. The monoisotopic (exact) mass is 437 g/mol. The van der Waals surface area contributed by atoms with Crippen LogP contribution in [0.3, 0.4) is 0 Å². The molecule has 0 radical (unpaired) electrons. The van der Waals surface area contributed by atoms with Gasteiger partial charge in [-0.05, 0) is 24.0 Å². The van der Waals surface area contributed by atoms with Crippen LogP contribution in [0.25, 0.3) is 34.0 Å². The second-order valence-electron chi connectivity index (χ2n) is 7.39. The lowest BCUT2D eigenvalue weighted by molar-refractivity contribution is -0.136. The number of nitriles is 1. The average molecular weight is 437 g/mol. The summed E-state index contributed by atoms with van der Waals surface area (Å²) < 4.78 is 52.6. The van der Waals surface area contributed by atoms with Gasteiger partial charge in [0.25, 0.3) is 0 Å². The molecule has 32 heavy (non-hydrogen) atoms. The molecule has 2 aromatic heterocycles. The lowest BCUT2D eigenvalue weighted by atomic mass is 9.86. The number of fused-ring (bicyclic) bond motifs is 3. The van der Waals surface area contributed by atoms with Crippen molar-refractivity contribution in [1.29, 1.82) is 5.26 Å². The van der Waals surface area contributed by atoms with E-state index in [0.717, 1.165) is 5.56 Å². The van der Waals surface area contributed by atoms with E-state index >= 15 is 0 Å². The number of benzene rings is 2. The van der Waals surface area contributed by atoms with Crippen LogP contribution in [0.1, 0.15) is 28.4 Å². The molecule has 160 valence electrons. The number of halogens is 3. The molecule has 4 aromatic rings. The van der Waals surface area contributed by atoms with Gasteiger partial charge in [0.05, 0.1) is 6.07 Å². The van der Waals surface area contributed by atoms with Gasteiger partial charge in [-0.3, -0.25) is 0 Å². The summed E-state index contributed by atoms with van der Waals surface area (Å²) in [4.78, 5) is 0. The summed E-state index contributed by atoms with van der Waals surface area (Å²) in [5, 5.41) is 26.4. The van der Waals surface area contributed by atoms with Gasteiger partial charge in [-0.1, -0.05) is 58.8 Å². The van der Waals surface area contributed by atoms with Crippen LogP contribution in [0.15, 0.2) is 57.6 Å². The average Bonchev–Trinajstić information content (AvgIpc) is 3.43. The van der Waals surface area contributed by atoms with E-state index in [9.17, 15) is 18.3 Å². The van der Waals surface area contributed by atoms with Crippen LogP contribution in [0.2, 0.25) is 0 Å². The third kappa shape index (κ3) is 3.16. The fourth-order valence-electron chi connectivity index (χ4n) is 3.99. The molecule has 0 amide bonds. The van der Waals surface area contributed by atoms with Crippen molar-refractivity contribution < 1.29 is 27.3 Å². The maximum absolute atomic E-state index is 14.0. The van der Waals surface area contributed by atoms with Gasteiger partial charge in [0.2, 0.25) is 0 Å². The Bertz CT molecular complexity index is 1350. The van der Waals surface area contributed by atoms with Crippen LogP contribution in [0.4, 0.5) is 13.2 Å². The second kappa shape index (κ2) is 7.35. The molecular weight excluding hydrogens is 423 g/mol. The minimum Gasteiger partial charge on any atom is -0.374 e. The van der Waals surface area contributed by atoms with E-state index in [1.807, 2.05) is 0 Å². The first kappa shape index (κ1) is 20.0. The Hall–Kier alpha value is -3.90. The Kier molecular flexibility index (Phi) is 4.60. The van der Waals surface area contributed by atoms with Gasteiger partial charge in [0.15, 0.2) is 23.3 Å². The van der Waals surface area contributed by atoms with E-state index in [-0.39, 0.29) is 17.1 Å². The lowest BCUT2D eigenvalue weighted by Crippen LogP contribution is -2.09. The topological polar surface area (TPSA) is 96.1 Å². The molecule has 9 heteroatoms. The summed E-state index contributed by atoms with van der Waals surface area (Å²) in [5.41, 5.74) is 1.66. The van der Waals surface area contributed by atoms with E-state index in [0.29, 0.717) is 35.2 Å². The number of aliphatic hydroxyl groups is 1. The summed E-state index contributed by atoms with van der Waals surface area (Å²) in [6, 6.07) is 14.7. The Labute approximate surface area is 179 Å². The minimum atomic E-state index is -4.73. The number of aryl methyl sites for hydroxylation is 1. The Morgan fingerprint density at radius 1 is 0.969 bits per heavy atom. The van der Waals surface area contributed by atoms with Crippen molar-refractivity contribution in [3.63, 3.8) is 0 Å². The SMILES string of the molecule is N#CC(O)c1ccc2c(c1)CCc1c-2noc1-c1noc(-c2ccccc2)c1C(F)(F)F. The van der Waals surface area contributed by atoms with Gasteiger partial charge < -0.3 is 14.2 Å². The number of nitrogens with zero attached hydrogens (tertiary/aromatic N) is 3. The Morgan fingerprint density at radius 3 is 2.41 bits per heavy atom. The van der Waals surface area contributed by atoms with Crippen molar-refractivity contribution in [2.75, 3.05) is 0 Å². The first-order chi connectivity index (χ1) is 15.4. The van der Waals surface area contributed by atoms with Crippen molar-refractivity contribution in [2.24, 2.45) is 0 Å². The maximum atomic E-state index is 14.0. The molecule has 5 rings (SSSR count). The summed E-state index contributed by atoms with van der Waals surface area (Å²) in [6.45, 7) is 0. The number of hydrogen-bond acceptors (Lipinski definition) is 6. The predicted molar refractivity (Wildman–Crippen MR) is 106 cm³/mol. The molecule has 1 aliphatic carbocycles. The van der Waals surface area contributed by atoms with Crippen LogP contribution >= 0.6 is 0 Å². The quantitative estimate of drug-likeness (QED) is 0.435. The van der Waals surface area contributed by atoms with Gasteiger partial charge in [-0.15, -0.1) is 0 Å². The van der Waals surface area contributed by atoms with Crippen LogP contribution in [-0.2, 0) is 19.0 Å². The van der Waals surface area contributed by atoms with Gasteiger partial charge in [0, 0.05) is 16.7 Å². The van der Waals surface area contributed by atoms with Gasteiger partial charge in [-0.25, -0.2) is 0 Å². The van der Waals surface area contributed by atoms with Crippen molar-refractivity contribution in [2.45, 2.75) is 25.1 Å². The zero-order chi connectivity index (χ0) is 22.5. The summed E-state index contributed by atoms with van der Waals surface area (Å²) in [7, 11) is 0. The minimum absolute atomic E-state index is 0.0787.